The Morgan fingerprint density at radius 3 is 2.54 bits per heavy atom. The minimum atomic E-state index is -0.311. The van der Waals surface area contributed by atoms with Gasteiger partial charge in [-0.3, -0.25) is 4.79 Å². The van der Waals surface area contributed by atoms with Gasteiger partial charge in [0, 0.05) is 24.4 Å². The fraction of sp³-hybridized carbons (Fsp3) is 0.143. The van der Waals surface area contributed by atoms with Gasteiger partial charge in [0.1, 0.15) is 23.1 Å². The van der Waals surface area contributed by atoms with Gasteiger partial charge in [-0.05, 0) is 42.0 Å². The second kappa shape index (κ2) is 8.85. The van der Waals surface area contributed by atoms with Crippen LogP contribution in [-0.4, -0.2) is 25.1 Å². The highest BCUT2D eigenvalue weighted by atomic mass is 19.1. The van der Waals surface area contributed by atoms with Gasteiger partial charge in [-0.15, -0.1) is 0 Å². The maximum Gasteiger partial charge on any atom is 0.251 e. The van der Waals surface area contributed by atoms with E-state index < -0.39 is 0 Å². The van der Waals surface area contributed by atoms with Crippen molar-refractivity contribution < 1.29 is 18.7 Å². The van der Waals surface area contributed by atoms with E-state index in [-0.39, 0.29) is 11.7 Å². The van der Waals surface area contributed by atoms with E-state index in [1.807, 2.05) is 0 Å². The Balaban J connectivity index is 1.69. The number of nitrogens with zero attached hydrogens (tertiary/aromatic N) is 1. The van der Waals surface area contributed by atoms with E-state index in [0.717, 1.165) is 5.56 Å². The standard InChI is InChI=1S/C21H20FN3O3/c1-27-17-7-8-18(19(12-17)28-2)25-20-11-15(9-10-23-20)21(26)24-13-14-3-5-16(22)6-4-14/h3-12H,13H2,1-2H3,(H,23,25)(H,24,26). The Morgan fingerprint density at radius 2 is 1.82 bits per heavy atom. The van der Waals surface area contributed by atoms with Crippen molar-refractivity contribution in [3.8, 4) is 11.5 Å². The molecule has 28 heavy (non-hydrogen) atoms. The van der Waals surface area contributed by atoms with Crippen molar-refractivity contribution in [3.63, 3.8) is 0 Å². The van der Waals surface area contributed by atoms with Gasteiger partial charge in [0.25, 0.3) is 5.91 Å². The van der Waals surface area contributed by atoms with Crippen LogP contribution in [-0.2, 0) is 6.54 Å². The number of benzene rings is 2. The smallest absolute Gasteiger partial charge is 0.251 e. The number of rotatable bonds is 7. The highest BCUT2D eigenvalue weighted by Gasteiger charge is 2.10. The second-order valence-electron chi connectivity index (χ2n) is 5.93. The highest BCUT2D eigenvalue weighted by Crippen LogP contribution is 2.31. The molecule has 144 valence electrons. The normalized spacial score (nSPS) is 10.2. The van der Waals surface area contributed by atoms with Crippen molar-refractivity contribution >= 4 is 17.4 Å². The van der Waals surface area contributed by atoms with E-state index in [1.54, 1.807) is 62.9 Å². The van der Waals surface area contributed by atoms with Crippen LogP contribution in [0.5, 0.6) is 11.5 Å². The number of carbonyl (C=O) groups excluding carboxylic acids is 1. The highest BCUT2D eigenvalue weighted by molar-refractivity contribution is 5.94. The summed E-state index contributed by atoms with van der Waals surface area (Å²) >= 11 is 0. The summed E-state index contributed by atoms with van der Waals surface area (Å²) in [4.78, 5) is 16.7. The van der Waals surface area contributed by atoms with Crippen molar-refractivity contribution in [2.75, 3.05) is 19.5 Å². The maximum atomic E-state index is 13.0. The van der Waals surface area contributed by atoms with Gasteiger partial charge < -0.3 is 20.1 Å². The number of methoxy groups -OCH3 is 2. The van der Waals surface area contributed by atoms with Crippen LogP contribution in [0.4, 0.5) is 15.9 Å². The lowest BCUT2D eigenvalue weighted by Crippen LogP contribution is -2.22. The molecule has 0 aliphatic rings. The van der Waals surface area contributed by atoms with Crippen LogP contribution in [0, 0.1) is 5.82 Å². The molecule has 0 unspecified atom stereocenters. The molecule has 0 atom stereocenters. The average molecular weight is 381 g/mol. The molecular formula is C21H20FN3O3. The summed E-state index contributed by atoms with van der Waals surface area (Å²) in [5.41, 5.74) is 1.96. The quantitative estimate of drug-likeness (QED) is 0.649. The molecule has 1 heterocycles. The number of aromatic nitrogens is 1. The van der Waals surface area contributed by atoms with Crippen molar-refractivity contribution in [1.29, 1.82) is 0 Å². The monoisotopic (exact) mass is 381 g/mol. The predicted molar refractivity (Wildman–Crippen MR) is 105 cm³/mol. The third-order valence-electron chi connectivity index (χ3n) is 4.06. The number of anilines is 2. The molecule has 2 N–H and O–H groups in total. The number of nitrogens with one attached hydrogen (secondary N) is 2. The van der Waals surface area contributed by atoms with Crippen LogP contribution in [0.2, 0.25) is 0 Å². The van der Waals surface area contributed by atoms with Crippen molar-refractivity contribution in [1.82, 2.24) is 10.3 Å². The third kappa shape index (κ3) is 4.76. The van der Waals surface area contributed by atoms with E-state index >= 15 is 0 Å². The van der Waals surface area contributed by atoms with E-state index in [2.05, 4.69) is 15.6 Å². The third-order valence-corrected chi connectivity index (χ3v) is 4.06. The van der Waals surface area contributed by atoms with Crippen LogP contribution >= 0.6 is 0 Å². The predicted octanol–water partition coefficient (Wildman–Crippen LogP) is 3.91. The molecule has 0 aliphatic heterocycles. The number of pyridine rings is 1. The summed E-state index contributed by atoms with van der Waals surface area (Å²) in [5, 5.41) is 5.94. The van der Waals surface area contributed by atoms with E-state index in [4.69, 9.17) is 9.47 Å². The first-order chi connectivity index (χ1) is 13.6. The molecule has 3 rings (SSSR count). The molecule has 7 heteroatoms. The van der Waals surface area contributed by atoms with Crippen LogP contribution in [0.15, 0.2) is 60.8 Å². The van der Waals surface area contributed by atoms with Gasteiger partial charge in [0.05, 0.1) is 19.9 Å². The van der Waals surface area contributed by atoms with Gasteiger partial charge in [0.2, 0.25) is 0 Å². The first-order valence-electron chi connectivity index (χ1n) is 8.57. The van der Waals surface area contributed by atoms with E-state index in [0.29, 0.717) is 35.1 Å². The second-order valence-corrected chi connectivity index (χ2v) is 5.93. The minimum absolute atomic E-state index is 0.253. The number of halogens is 1. The summed E-state index contributed by atoms with van der Waals surface area (Å²) in [5.74, 6) is 1.19. The van der Waals surface area contributed by atoms with Crippen molar-refractivity contribution in [2.45, 2.75) is 6.54 Å². The molecule has 0 saturated heterocycles. The minimum Gasteiger partial charge on any atom is -0.497 e. The zero-order valence-electron chi connectivity index (χ0n) is 15.5. The molecule has 0 aliphatic carbocycles. The first-order valence-corrected chi connectivity index (χ1v) is 8.57. The Labute approximate surface area is 162 Å². The lowest BCUT2D eigenvalue weighted by atomic mass is 10.2. The molecule has 6 nitrogen and oxygen atoms in total. The van der Waals surface area contributed by atoms with E-state index in [9.17, 15) is 9.18 Å². The topological polar surface area (TPSA) is 72.5 Å². The average Bonchev–Trinajstić information content (AvgIpc) is 2.73. The Morgan fingerprint density at radius 1 is 1.04 bits per heavy atom. The Hall–Kier alpha value is -3.61. The fourth-order valence-corrected chi connectivity index (χ4v) is 2.57. The lowest BCUT2D eigenvalue weighted by Gasteiger charge is -2.12. The van der Waals surface area contributed by atoms with Gasteiger partial charge in [0.15, 0.2) is 0 Å². The molecule has 0 saturated carbocycles. The summed E-state index contributed by atoms with van der Waals surface area (Å²) in [6.07, 6.45) is 1.55. The SMILES string of the molecule is COc1ccc(Nc2cc(C(=O)NCc3ccc(F)cc3)ccn2)c(OC)c1. The van der Waals surface area contributed by atoms with Gasteiger partial charge in [-0.2, -0.15) is 0 Å². The summed E-state index contributed by atoms with van der Waals surface area (Å²) < 4.78 is 23.5. The number of ether oxygens (including phenoxy) is 2. The Bertz CT molecular complexity index is 961. The molecule has 0 spiro atoms. The van der Waals surface area contributed by atoms with Crippen LogP contribution in [0.25, 0.3) is 0 Å². The van der Waals surface area contributed by atoms with Crippen molar-refractivity contribution in [2.24, 2.45) is 0 Å². The first kappa shape index (κ1) is 19.2. The van der Waals surface area contributed by atoms with Crippen LogP contribution in [0.1, 0.15) is 15.9 Å². The molecule has 0 fully saturated rings. The number of amides is 1. The van der Waals surface area contributed by atoms with E-state index in [1.165, 1.54) is 12.1 Å². The summed E-state index contributed by atoms with van der Waals surface area (Å²) in [6.45, 7) is 0.302. The molecule has 2 aromatic carbocycles. The van der Waals surface area contributed by atoms with Gasteiger partial charge in [-0.25, -0.2) is 9.37 Å². The zero-order valence-corrected chi connectivity index (χ0v) is 15.5. The molecular weight excluding hydrogens is 361 g/mol. The molecule has 1 aromatic heterocycles. The zero-order chi connectivity index (χ0) is 19.9. The number of hydrogen-bond donors (Lipinski definition) is 2. The largest absolute Gasteiger partial charge is 0.497 e. The summed E-state index contributed by atoms with van der Waals surface area (Å²) in [7, 11) is 3.14. The molecule has 0 radical (unpaired) electrons. The number of carbonyl (C=O) groups is 1. The summed E-state index contributed by atoms with van der Waals surface area (Å²) in [6, 6.07) is 14.6. The van der Waals surface area contributed by atoms with Crippen molar-refractivity contribution in [3.05, 3.63) is 77.7 Å². The lowest BCUT2D eigenvalue weighted by molar-refractivity contribution is 0.0951. The van der Waals surface area contributed by atoms with Crippen LogP contribution < -0.4 is 20.1 Å². The van der Waals surface area contributed by atoms with Gasteiger partial charge in [-0.1, -0.05) is 12.1 Å². The number of hydrogen-bond acceptors (Lipinski definition) is 5. The van der Waals surface area contributed by atoms with Gasteiger partial charge >= 0.3 is 0 Å². The Kier molecular flexibility index (Phi) is 6.06. The molecule has 1 amide bonds. The molecule has 0 bridgehead atoms. The van der Waals surface area contributed by atoms with Crippen LogP contribution in [0.3, 0.4) is 0 Å². The molecule has 3 aromatic rings. The fourth-order valence-electron chi connectivity index (χ4n) is 2.57. The maximum absolute atomic E-state index is 13.0.